The van der Waals surface area contributed by atoms with Crippen molar-refractivity contribution in [1.29, 1.82) is 0 Å². The van der Waals surface area contributed by atoms with Gasteiger partial charge in [0, 0.05) is 26.7 Å². The fourth-order valence-corrected chi connectivity index (χ4v) is 1.77. The fraction of sp³-hybridized carbons (Fsp3) is 0.357. The maximum Gasteiger partial charge on any atom is 0.274 e. The Morgan fingerprint density at radius 3 is 2.71 bits per heavy atom. The molecule has 0 aliphatic rings. The lowest BCUT2D eigenvalue weighted by molar-refractivity contribution is 0.197. The number of rotatable bonds is 7. The molecule has 0 aliphatic heterocycles. The van der Waals surface area contributed by atoms with E-state index < -0.39 is 0 Å². The highest BCUT2D eigenvalue weighted by Gasteiger charge is 2.06. The maximum absolute atomic E-state index is 12.8. The highest BCUT2D eigenvalue weighted by Crippen LogP contribution is 2.06. The van der Waals surface area contributed by atoms with Crippen LogP contribution in [0.5, 0.6) is 0 Å². The lowest BCUT2D eigenvalue weighted by atomic mass is 10.1. The van der Waals surface area contributed by atoms with E-state index in [0.29, 0.717) is 31.2 Å². The number of hydrogen-bond acceptors (Lipinski definition) is 5. The molecule has 0 unspecified atom stereocenters. The zero-order valence-corrected chi connectivity index (χ0v) is 11.7. The highest BCUT2D eigenvalue weighted by molar-refractivity contribution is 5.24. The number of methoxy groups -OCH3 is 1. The van der Waals surface area contributed by atoms with Gasteiger partial charge in [0.25, 0.3) is 5.56 Å². The number of nitrogens with zero attached hydrogens (tertiary/aromatic N) is 2. The van der Waals surface area contributed by atoms with Gasteiger partial charge in [-0.05, 0) is 24.1 Å². The molecule has 0 amide bonds. The third-order valence-corrected chi connectivity index (χ3v) is 2.87. The van der Waals surface area contributed by atoms with Crippen LogP contribution in [0.1, 0.15) is 17.7 Å². The number of aromatic nitrogens is 3. The molecule has 2 N–H and O–H groups in total. The van der Waals surface area contributed by atoms with Crippen molar-refractivity contribution in [2.75, 3.05) is 25.6 Å². The third kappa shape index (κ3) is 4.64. The number of nitrogens with one attached hydrogen (secondary N) is 2. The van der Waals surface area contributed by atoms with Gasteiger partial charge in [-0.3, -0.25) is 9.78 Å². The van der Waals surface area contributed by atoms with E-state index in [0.717, 1.165) is 12.0 Å². The number of anilines is 1. The van der Waals surface area contributed by atoms with Gasteiger partial charge < -0.3 is 10.1 Å². The molecule has 0 saturated heterocycles. The van der Waals surface area contributed by atoms with Gasteiger partial charge in [0.15, 0.2) is 0 Å². The van der Waals surface area contributed by atoms with Crippen molar-refractivity contribution in [3.05, 3.63) is 51.7 Å². The molecule has 6 nitrogen and oxygen atoms in total. The van der Waals surface area contributed by atoms with E-state index in [9.17, 15) is 9.18 Å². The van der Waals surface area contributed by atoms with Crippen LogP contribution in [0.15, 0.2) is 29.1 Å². The summed E-state index contributed by atoms with van der Waals surface area (Å²) in [6.45, 7) is 1.27. The van der Waals surface area contributed by atoms with E-state index in [1.165, 1.54) is 12.1 Å². The van der Waals surface area contributed by atoms with E-state index in [2.05, 4.69) is 20.5 Å². The quantitative estimate of drug-likeness (QED) is 0.753. The van der Waals surface area contributed by atoms with Crippen molar-refractivity contribution < 1.29 is 9.13 Å². The molecule has 1 aromatic heterocycles. The van der Waals surface area contributed by atoms with Gasteiger partial charge in [-0.2, -0.15) is 0 Å². The Hall–Kier alpha value is -2.28. The molecule has 2 rings (SSSR count). The van der Waals surface area contributed by atoms with Crippen molar-refractivity contribution >= 4 is 5.95 Å². The zero-order valence-electron chi connectivity index (χ0n) is 11.7. The van der Waals surface area contributed by atoms with Gasteiger partial charge in [0.1, 0.15) is 11.5 Å². The minimum atomic E-state index is -0.311. The summed E-state index contributed by atoms with van der Waals surface area (Å²) in [4.78, 5) is 14.5. The Bertz CT molecular complexity index is 628. The molecule has 7 heteroatoms. The van der Waals surface area contributed by atoms with E-state index >= 15 is 0 Å². The third-order valence-electron chi connectivity index (χ3n) is 2.87. The summed E-state index contributed by atoms with van der Waals surface area (Å²) in [5.41, 5.74) is 0.796. The van der Waals surface area contributed by atoms with Gasteiger partial charge in [0.2, 0.25) is 5.95 Å². The predicted molar refractivity (Wildman–Crippen MR) is 76.8 cm³/mol. The Kier molecular flexibility index (Phi) is 5.39. The average molecular weight is 292 g/mol. The van der Waals surface area contributed by atoms with Crippen LogP contribution in [0.4, 0.5) is 10.3 Å². The molecule has 0 aliphatic carbocycles. The van der Waals surface area contributed by atoms with Crippen LogP contribution in [0.25, 0.3) is 0 Å². The van der Waals surface area contributed by atoms with Crippen molar-refractivity contribution in [1.82, 2.24) is 15.2 Å². The SMILES string of the molecule is COCCCNc1nnc(Cc2ccc(F)cc2)c(=O)[nH]1. The molecular formula is C14H17FN4O2. The van der Waals surface area contributed by atoms with E-state index in [1.54, 1.807) is 19.2 Å². The van der Waals surface area contributed by atoms with Crippen molar-refractivity contribution in [2.45, 2.75) is 12.8 Å². The fourth-order valence-electron chi connectivity index (χ4n) is 1.77. The van der Waals surface area contributed by atoms with E-state index in [1.807, 2.05) is 0 Å². The molecule has 112 valence electrons. The number of hydrogen-bond donors (Lipinski definition) is 2. The zero-order chi connectivity index (χ0) is 15.1. The normalized spacial score (nSPS) is 10.6. The van der Waals surface area contributed by atoms with Crippen LogP contribution >= 0.6 is 0 Å². The Balaban J connectivity index is 1.98. The number of halogens is 1. The average Bonchev–Trinajstić information content (AvgIpc) is 2.48. The molecule has 0 spiro atoms. The lowest BCUT2D eigenvalue weighted by Crippen LogP contribution is -2.20. The number of H-pyrrole nitrogens is 1. The first-order chi connectivity index (χ1) is 10.2. The number of benzene rings is 1. The topological polar surface area (TPSA) is 79.9 Å². The maximum atomic E-state index is 12.8. The second-order valence-corrected chi connectivity index (χ2v) is 4.53. The van der Waals surface area contributed by atoms with Crippen LogP contribution < -0.4 is 10.9 Å². The molecule has 0 bridgehead atoms. The molecule has 1 aromatic carbocycles. The first-order valence-corrected chi connectivity index (χ1v) is 6.62. The van der Waals surface area contributed by atoms with Gasteiger partial charge >= 0.3 is 0 Å². The van der Waals surface area contributed by atoms with Crippen molar-refractivity contribution in [3.8, 4) is 0 Å². The van der Waals surface area contributed by atoms with Crippen molar-refractivity contribution in [3.63, 3.8) is 0 Å². The first kappa shape index (κ1) is 15.1. The summed E-state index contributed by atoms with van der Waals surface area (Å²) < 4.78 is 17.7. The van der Waals surface area contributed by atoms with Crippen LogP contribution in [-0.2, 0) is 11.2 Å². The Labute approximate surface area is 121 Å². The standard InChI is InChI=1S/C14H17FN4O2/c1-21-8-2-7-16-14-17-13(20)12(18-19-14)9-10-3-5-11(15)6-4-10/h3-6H,2,7-9H2,1H3,(H2,16,17,19,20). The number of aromatic amines is 1. The second-order valence-electron chi connectivity index (χ2n) is 4.53. The van der Waals surface area contributed by atoms with Gasteiger partial charge in [-0.15, -0.1) is 10.2 Å². The lowest BCUT2D eigenvalue weighted by Gasteiger charge is -2.05. The Morgan fingerprint density at radius 1 is 1.29 bits per heavy atom. The number of ether oxygens (including phenoxy) is 1. The van der Waals surface area contributed by atoms with Gasteiger partial charge in [0.05, 0.1) is 0 Å². The van der Waals surface area contributed by atoms with E-state index in [4.69, 9.17) is 4.74 Å². The summed E-state index contributed by atoms with van der Waals surface area (Å²) in [6.07, 6.45) is 1.12. The highest BCUT2D eigenvalue weighted by atomic mass is 19.1. The molecule has 21 heavy (non-hydrogen) atoms. The summed E-state index contributed by atoms with van der Waals surface area (Å²) in [7, 11) is 1.63. The summed E-state index contributed by atoms with van der Waals surface area (Å²) in [6, 6.07) is 5.94. The molecular weight excluding hydrogens is 275 g/mol. The van der Waals surface area contributed by atoms with Crippen LogP contribution in [0.2, 0.25) is 0 Å². The molecule has 0 fully saturated rings. The smallest absolute Gasteiger partial charge is 0.274 e. The molecule has 0 radical (unpaired) electrons. The molecule has 0 atom stereocenters. The minimum Gasteiger partial charge on any atom is -0.385 e. The monoisotopic (exact) mass is 292 g/mol. The molecule has 2 aromatic rings. The Morgan fingerprint density at radius 2 is 2.05 bits per heavy atom. The summed E-state index contributed by atoms with van der Waals surface area (Å²) in [5, 5.41) is 10.8. The van der Waals surface area contributed by atoms with E-state index in [-0.39, 0.29) is 11.4 Å². The van der Waals surface area contributed by atoms with Gasteiger partial charge in [-0.1, -0.05) is 12.1 Å². The predicted octanol–water partition coefficient (Wildman–Crippen LogP) is 1.34. The first-order valence-electron chi connectivity index (χ1n) is 6.62. The summed E-state index contributed by atoms with van der Waals surface area (Å²) >= 11 is 0. The van der Waals surface area contributed by atoms with Crippen molar-refractivity contribution in [2.24, 2.45) is 0 Å². The molecule has 0 saturated carbocycles. The largest absolute Gasteiger partial charge is 0.385 e. The van der Waals surface area contributed by atoms with Gasteiger partial charge in [-0.25, -0.2) is 4.39 Å². The van der Waals surface area contributed by atoms with Crippen LogP contribution in [-0.4, -0.2) is 35.4 Å². The minimum absolute atomic E-state index is 0.295. The van der Waals surface area contributed by atoms with Crippen LogP contribution in [0.3, 0.4) is 0 Å². The molecule has 1 heterocycles. The summed E-state index contributed by atoms with van der Waals surface area (Å²) in [5.74, 6) is 0.0216. The second kappa shape index (κ2) is 7.49. The van der Waals surface area contributed by atoms with Crippen LogP contribution in [0, 0.1) is 5.82 Å².